The Balaban J connectivity index is 2.39. The van der Waals surface area contributed by atoms with E-state index < -0.39 is 0 Å². The Hall–Kier alpha value is -0.860. The highest BCUT2D eigenvalue weighted by Gasteiger charge is 1.98. The summed E-state index contributed by atoms with van der Waals surface area (Å²) in [4.78, 5) is 2.34. The van der Waals surface area contributed by atoms with E-state index in [2.05, 4.69) is 62.3 Å². The number of benzene rings is 1. The van der Waals surface area contributed by atoms with Gasteiger partial charge >= 0.3 is 0 Å². The largest absolute Gasteiger partial charge is 0.310 e. The van der Waals surface area contributed by atoms with E-state index in [0.29, 0.717) is 6.04 Å². The van der Waals surface area contributed by atoms with Crippen LogP contribution in [0.4, 0.5) is 0 Å². The van der Waals surface area contributed by atoms with Crippen LogP contribution < -0.4 is 5.32 Å². The first-order valence-corrected chi connectivity index (χ1v) is 6.61. The highest BCUT2D eigenvalue weighted by atomic mass is 15.1. The molecule has 1 N–H and O–H groups in total. The van der Waals surface area contributed by atoms with Crippen LogP contribution in [0.1, 0.15) is 31.9 Å². The van der Waals surface area contributed by atoms with Crippen LogP contribution in [0.25, 0.3) is 0 Å². The van der Waals surface area contributed by atoms with Crippen molar-refractivity contribution >= 4 is 0 Å². The second-order valence-electron chi connectivity index (χ2n) is 5.00. The molecule has 0 aromatic heterocycles. The molecule has 96 valence electrons. The standard InChI is InChI=1S/C15H26N2/c1-5-17(4)11-10-14-6-8-15(9-7-14)12-16-13(2)3/h6-9,13,16H,5,10-12H2,1-4H3. The van der Waals surface area contributed by atoms with Crippen LogP contribution in [0.15, 0.2) is 24.3 Å². The van der Waals surface area contributed by atoms with Gasteiger partial charge in [0.25, 0.3) is 0 Å². The fourth-order valence-electron chi connectivity index (χ4n) is 1.62. The smallest absolute Gasteiger partial charge is 0.0207 e. The van der Waals surface area contributed by atoms with E-state index in [0.717, 1.165) is 26.1 Å². The summed E-state index contributed by atoms with van der Waals surface area (Å²) in [5.41, 5.74) is 2.80. The van der Waals surface area contributed by atoms with Gasteiger partial charge in [-0.15, -0.1) is 0 Å². The molecule has 0 unspecified atom stereocenters. The monoisotopic (exact) mass is 234 g/mol. The topological polar surface area (TPSA) is 15.3 Å². The molecule has 0 fully saturated rings. The first-order chi connectivity index (χ1) is 8.11. The van der Waals surface area contributed by atoms with Crippen LogP contribution in [0.3, 0.4) is 0 Å². The van der Waals surface area contributed by atoms with Crippen molar-refractivity contribution in [2.45, 2.75) is 39.8 Å². The molecule has 0 aliphatic rings. The molecule has 0 radical (unpaired) electrons. The molecule has 0 saturated carbocycles. The Kier molecular flexibility index (Phi) is 6.23. The number of nitrogens with one attached hydrogen (secondary N) is 1. The molecule has 0 amide bonds. The maximum Gasteiger partial charge on any atom is 0.0207 e. The van der Waals surface area contributed by atoms with Gasteiger partial charge in [-0.1, -0.05) is 45.0 Å². The second kappa shape index (κ2) is 7.46. The van der Waals surface area contributed by atoms with Gasteiger partial charge in [0.05, 0.1) is 0 Å². The lowest BCUT2D eigenvalue weighted by atomic mass is 10.1. The molecule has 2 nitrogen and oxygen atoms in total. The molecule has 0 saturated heterocycles. The van der Waals surface area contributed by atoms with Crippen LogP contribution >= 0.6 is 0 Å². The third-order valence-electron chi connectivity index (χ3n) is 3.06. The molecular formula is C15H26N2. The molecule has 1 aromatic carbocycles. The molecule has 0 aliphatic heterocycles. The van der Waals surface area contributed by atoms with Gasteiger partial charge < -0.3 is 10.2 Å². The van der Waals surface area contributed by atoms with E-state index in [9.17, 15) is 0 Å². The summed E-state index contributed by atoms with van der Waals surface area (Å²) in [6.45, 7) is 9.77. The third-order valence-corrected chi connectivity index (χ3v) is 3.06. The Morgan fingerprint density at radius 3 is 2.24 bits per heavy atom. The average molecular weight is 234 g/mol. The molecule has 0 spiro atoms. The highest BCUT2D eigenvalue weighted by Crippen LogP contribution is 2.06. The van der Waals surface area contributed by atoms with Crippen LogP contribution in [0.5, 0.6) is 0 Å². The Morgan fingerprint density at radius 2 is 1.71 bits per heavy atom. The average Bonchev–Trinajstić information content (AvgIpc) is 2.34. The maximum absolute atomic E-state index is 3.43. The van der Waals surface area contributed by atoms with Crippen molar-refractivity contribution in [3.05, 3.63) is 35.4 Å². The summed E-state index contributed by atoms with van der Waals surface area (Å²) in [5.74, 6) is 0. The molecule has 2 heteroatoms. The van der Waals surface area contributed by atoms with Gasteiger partial charge in [0.15, 0.2) is 0 Å². The fraction of sp³-hybridized carbons (Fsp3) is 0.600. The number of likely N-dealkylation sites (N-methyl/N-ethyl adjacent to an activating group) is 1. The van der Waals surface area contributed by atoms with E-state index >= 15 is 0 Å². The van der Waals surface area contributed by atoms with Crippen molar-refractivity contribution < 1.29 is 0 Å². The lowest BCUT2D eigenvalue weighted by Gasteiger charge is -2.13. The lowest BCUT2D eigenvalue weighted by Crippen LogP contribution is -2.22. The summed E-state index contributed by atoms with van der Waals surface area (Å²) in [6, 6.07) is 9.52. The van der Waals surface area contributed by atoms with E-state index in [1.54, 1.807) is 0 Å². The minimum absolute atomic E-state index is 0.549. The van der Waals surface area contributed by atoms with E-state index in [1.807, 2.05) is 0 Å². The summed E-state index contributed by atoms with van der Waals surface area (Å²) in [6.07, 6.45) is 1.14. The van der Waals surface area contributed by atoms with E-state index in [4.69, 9.17) is 0 Å². The normalized spacial score (nSPS) is 11.4. The summed E-state index contributed by atoms with van der Waals surface area (Å²) in [5, 5.41) is 3.43. The molecule has 0 atom stereocenters. The zero-order valence-electron chi connectivity index (χ0n) is 11.7. The summed E-state index contributed by atoms with van der Waals surface area (Å²) >= 11 is 0. The van der Waals surface area contributed by atoms with Gasteiger partial charge in [-0.2, -0.15) is 0 Å². The van der Waals surface area contributed by atoms with Crippen molar-refractivity contribution in [3.63, 3.8) is 0 Å². The van der Waals surface area contributed by atoms with Crippen molar-refractivity contribution in [1.29, 1.82) is 0 Å². The van der Waals surface area contributed by atoms with Crippen LogP contribution in [-0.4, -0.2) is 31.1 Å². The zero-order chi connectivity index (χ0) is 12.7. The quantitative estimate of drug-likeness (QED) is 0.780. The Bertz CT molecular complexity index is 303. The zero-order valence-corrected chi connectivity index (χ0v) is 11.7. The van der Waals surface area contributed by atoms with Crippen LogP contribution in [0, 0.1) is 0 Å². The molecule has 1 aromatic rings. The third kappa shape index (κ3) is 5.85. The fourth-order valence-corrected chi connectivity index (χ4v) is 1.62. The predicted octanol–water partition coefficient (Wildman–Crippen LogP) is 2.68. The van der Waals surface area contributed by atoms with Gasteiger partial charge in [0.2, 0.25) is 0 Å². The van der Waals surface area contributed by atoms with Gasteiger partial charge in [-0.3, -0.25) is 0 Å². The lowest BCUT2D eigenvalue weighted by molar-refractivity contribution is 0.357. The van der Waals surface area contributed by atoms with Crippen molar-refractivity contribution in [1.82, 2.24) is 10.2 Å². The summed E-state index contributed by atoms with van der Waals surface area (Å²) < 4.78 is 0. The van der Waals surface area contributed by atoms with Crippen LogP contribution in [-0.2, 0) is 13.0 Å². The molecule has 0 heterocycles. The molecule has 0 aliphatic carbocycles. The van der Waals surface area contributed by atoms with Gasteiger partial charge in [0.1, 0.15) is 0 Å². The highest BCUT2D eigenvalue weighted by molar-refractivity contribution is 5.22. The van der Waals surface area contributed by atoms with E-state index in [1.165, 1.54) is 11.1 Å². The van der Waals surface area contributed by atoms with Crippen LogP contribution in [0.2, 0.25) is 0 Å². The number of hydrogen-bond donors (Lipinski definition) is 1. The van der Waals surface area contributed by atoms with Crippen molar-refractivity contribution in [2.24, 2.45) is 0 Å². The van der Waals surface area contributed by atoms with E-state index in [-0.39, 0.29) is 0 Å². The molecular weight excluding hydrogens is 208 g/mol. The first kappa shape index (κ1) is 14.2. The van der Waals surface area contributed by atoms with Gasteiger partial charge in [-0.05, 0) is 31.1 Å². The molecule has 17 heavy (non-hydrogen) atoms. The number of nitrogens with zero attached hydrogens (tertiary/aromatic N) is 1. The SMILES string of the molecule is CCN(C)CCc1ccc(CNC(C)C)cc1. The van der Waals surface area contributed by atoms with Gasteiger partial charge in [0, 0.05) is 19.1 Å². The Morgan fingerprint density at radius 1 is 1.12 bits per heavy atom. The van der Waals surface area contributed by atoms with Gasteiger partial charge in [-0.25, -0.2) is 0 Å². The van der Waals surface area contributed by atoms with Crippen molar-refractivity contribution in [2.75, 3.05) is 20.1 Å². The summed E-state index contributed by atoms with van der Waals surface area (Å²) in [7, 11) is 2.17. The number of hydrogen-bond acceptors (Lipinski definition) is 2. The van der Waals surface area contributed by atoms with Crippen molar-refractivity contribution in [3.8, 4) is 0 Å². The Labute approximate surface area is 106 Å². The molecule has 0 bridgehead atoms. The predicted molar refractivity (Wildman–Crippen MR) is 75.3 cm³/mol. The second-order valence-corrected chi connectivity index (χ2v) is 5.00. The minimum atomic E-state index is 0.549. The number of rotatable bonds is 7. The first-order valence-electron chi connectivity index (χ1n) is 6.61. The molecule has 1 rings (SSSR count). The maximum atomic E-state index is 3.43. The minimum Gasteiger partial charge on any atom is -0.310 e.